The molecule has 0 fully saturated rings. The number of tetrazole rings is 2. The van der Waals surface area contributed by atoms with Gasteiger partial charge in [0.1, 0.15) is 0 Å². The predicted molar refractivity (Wildman–Crippen MR) is 45.7 cm³/mol. The third-order valence-electron chi connectivity index (χ3n) is 1.65. The SMILES string of the molecule is CN(C)n1nnnc1-c1nnnn1C. The lowest BCUT2D eigenvalue weighted by Crippen LogP contribution is -2.27. The van der Waals surface area contributed by atoms with E-state index < -0.39 is 0 Å². The van der Waals surface area contributed by atoms with E-state index in [1.807, 2.05) is 14.1 Å². The molecular weight excluding hydrogens is 186 g/mol. The van der Waals surface area contributed by atoms with Gasteiger partial charge < -0.3 is 0 Å². The number of rotatable bonds is 2. The maximum Gasteiger partial charge on any atom is 0.243 e. The first-order valence-corrected chi connectivity index (χ1v) is 3.89. The van der Waals surface area contributed by atoms with E-state index in [2.05, 4.69) is 31.1 Å². The minimum Gasteiger partial charge on any atom is -0.299 e. The van der Waals surface area contributed by atoms with Crippen LogP contribution in [0.15, 0.2) is 0 Å². The monoisotopic (exact) mass is 195 g/mol. The standard InChI is InChI=1S/C5H9N9/c1-12(2)14-5(7-9-11-14)4-6-8-10-13(4)3/h1-3H3. The highest BCUT2D eigenvalue weighted by Crippen LogP contribution is 2.08. The van der Waals surface area contributed by atoms with Crippen LogP contribution in [0.25, 0.3) is 11.6 Å². The average molecular weight is 195 g/mol. The molecule has 0 amide bonds. The summed E-state index contributed by atoms with van der Waals surface area (Å²) in [6, 6.07) is 0. The van der Waals surface area contributed by atoms with Crippen LogP contribution < -0.4 is 5.01 Å². The molecule has 0 saturated carbocycles. The average Bonchev–Trinajstić information content (AvgIpc) is 2.70. The van der Waals surface area contributed by atoms with Crippen molar-refractivity contribution in [1.82, 2.24) is 40.5 Å². The van der Waals surface area contributed by atoms with E-state index in [0.717, 1.165) is 0 Å². The molecule has 9 nitrogen and oxygen atoms in total. The van der Waals surface area contributed by atoms with E-state index >= 15 is 0 Å². The van der Waals surface area contributed by atoms with Crippen molar-refractivity contribution in [3.05, 3.63) is 0 Å². The summed E-state index contributed by atoms with van der Waals surface area (Å²) in [5, 5.41) is 23.9. The first-order chi connectivity index (χ1) is 6.70. The van der Waals surface area contributed by atoms with Crippen LogP contribution in [0.5, 0.6) is 0 Å². The van der Waals surface area contributed by atoms with Crippen molar-refractivity contribution < 1.29 is 0 Å². The van der Waals surface area contributed by atoms with Gasteiger partial charge in [-0.1, -0.05) is 0 Å². The lowest BCUT2D eigenvalue weighted by atomic mass is 10.6. The summed E-state index contributed by atoms with van der Waals surface area (Å²) in [6.45, 7) is 0. The highest BCUT2D eigenvalue weighted by molar-refractivity contribution is 5.41. The summed E-state index contributed by atoms with van der Waals surface area (Å²) in [5.74, 6) is 1.02. The Morgan fingerprint density at radius 1 is 1.00 bits per heavy atom. The molecule has 2 heterocycles. The first-order valence-electron chi connectivity index (χ1n) is 3.89. The summed E-state index contributed by atoms with van der Waals surface area (Å²) in [7, 11) is 5.37. The van der Waals surface area contributed by atoms with Crippen molar-refractivity contribution in [3.8, 4) is 11.6 Å². The van der Waals surface area contributed by atoms with E-state index in [0.29, 0.717) is 11.6 Å². The van der Waals surface area contributed by atoms with Gasteiger partial charge in [-0.3, -0.25) is 5.01 Å². The molecule has 2 aromatic rings. The normalized spacial score (nSPS) is 10.5. The molecule has 0 spiro atoms. The van der Waals surface area contributed by atoms with Gasteiger partial charge in [-0.05, 0) is 20.9 Å². The zero-order valence-electron chi connectivity index (χ0n) is 8.02. The molecule has 0 bridgehead atoms. The summed E-state index contributed by atoms with van der Waals surface area (Å²) in [6.07, 6.45) is 0. The second-order valence-corrected chi connectivity index (χ2v) is 2.87. The van der Waals surface area contributed by atoms with Crippen LogP contribution in [0.2, 0.25) is 0 Å². The molecule has 0 aromatic carbocycles. The Labute approximate surface area is 79.3 Å². The first kappa shape index (κ1) is 8.53. The minimum atomic E-state index is 0.502. The van der Waals surface area contributed by atoms with E-state index in [1.54, 1.807) is 12.1 Å². The van der Waals surface area contributed by atoms with Gasteiger partial charge in [-0.2, -0.15) is 0 Å². The second kappa shape index (κ2) is 3.01. The van der Waals surface area contributed by atoms with Crippen LogP contribution in [-0.2, 0) is 7.05 Å². The Kier molecular flexibility index (Phi) is 1.84. The lowest BCUT2D eigenvalue weighted by Gasteiger charge is -2.11. The molecule has 0 atom stereocenters. The second-order valence-electron chi connectivity index (χ2n) is 2.87. The molecule has 9 heteroatoms. The quantitative estimate of drug-likeness (QED) is 0.550. The third kappa shape index (κ3) is 1.18. The fourth-order valence-electron chi connectivity index (χ4n) is 1.01. The Morgan fingerprint density at radius 3 is 2.21 bits per heavy atom. The van der Waals surface area contributed by atoms with E-state index in [-0.39, 0.29) is 0 Å². The van der Waals surface area contributed by atoms with Gasteiger partial charge in [0, 0.05) is 21.1 Å². The number of hydrogen-bond donors (Lipinski definition) is 0. The Bertz CT molecular complexity index is 426. The zero-order chi connectivity index (χ0) is 10.1. The Balaban J connectivity index is 2.52. The van der Waals surface area contributed by atoms with Crippen molar-refractivity contribution in [2.45, 2.75) is 0 Å². The number of hydrogen-bond acceptors (Lipinski definition) is 7. The zero-order valence-corrected chi connectivity index (χ0v) is 8.02. The Morgan fingerprint density at radius 2 is 1.64 bits per heavy atom. The van der Waals surface area contributed by atoms with Gasteiger partial charge in [0.05, 0.1) is 0 Å². The molecular formula is C5H9N9. The van der Waals surface area contributed by atoms with Crippen molar-refractivity contribution in [3.63, 3.8) is 0 Å². The summed E-state index contributed by atoms with van der Waals surface area (Å²) in [5.41, 5.74) is 0. The molecule has 0 aliphatic heterocycles. The van der Waals surface area contributed by atoms with Crippen LogP contribution >= 0.6 is 0 Å². The molecule has 2 aromatic heterocycles. The largest absolute Gasteiger partial charge is 0.299 e. The summed E-state index contributed by atoms with van der Waals surface area (Å²) >= 11 is 0. The van der Waals surface area contributed by atoms with Crippen LogP contribution in [0.3, 0.4) is 0 Å². The number of aryl methyl sites for hydroxylation is 1. The molecule has 2 rings (SSSR count). The van der Waals surface area contributed by atoms with Gasteiger partial charge in [0.2, 0.25) is 11.6 Å². The van der Waals surface area contributed by atoms with Crippen LogP contribution in [0.4, 0.5) is 0 Å². The van der Waals surface area contributed by atoms with E-state index in [1.165, 1.54) is 9.47 Å². The predicted octanol–water partition coefficient (Wildman–Crippen LogP) is -1.94. The molecule has 14 heavy (non-hydrogen) atoms. The maximum absolute atomic E-state index is 3.84. The molecule has 0 saturated heterocycles. The maximum atomic E-state index is 3.84. The highest BCUT2D eigenvalue weighted by Gasteiger charge is 2.15. The fourth-order valence-corrected chi connectivity index (χ4v) is 1.01. The van der Waals surface area contributed by atoms with E-state index in [9.17, 15) is 0 Å². The van der Waals surface area contributed by atoms with E-state index in [4.69, 9.17) is 0 Å². The number of aromatic nitrogens is 8. The Hall–Kier alpha value is -2.06. The van der Waals surface area contributed by atoms with Crippen LogP contribution in [-0.4, -0.2) is 54.6 Å². The fraction of sp³-hybridized carbons (Fsp3) is 0.600. The smallest absolute Gasteiger partial charge is 0.243 e. The van der Waals surface area contributed by atoms with Crippen LogP contribution in [0.1, 0.15) is 0 Å². The van der Waals surface area contributed by atoms with Crippen molar-refractivity contribution >= 4 is 0 Å². The van der Waals surface area contributed by atoms with Crippen LogP contribution in [0, 0.1) is 0 Å². The van der Waals surface area contributed by atoms with Crippen molar-refractivity contribution in [2.24, 2.45) is 7.05 Å². The van der Waals surface area contributed by atoms with Gasteiger partial charge in [-0.25, -0.2) is 4.68 Å². The molecule has 0 unspecified atom stereocenters. The molecule has 0 aliphatic carbocycles. The molecule has 0 radical (unpaired) electrons. The van der Waals surface area contributed by atoms with Gasteiger partial charge in [0.25, 0.3) is 0 Å². The molecule has 0 aliphatic rings. The summed E-state index contributed by atoms with van der Waals surface area (Å²) < 4.78 is 1.51. The number of nitrogens with zero attached hydrogens (tertiary/aromatic N) is 9. The van der Waals surface area contributed by atoms with Gasteiger partial charge in [0.15, 0.2) is 0 Å². The highest BCUT2D eigenvalue weighted by atomic mass is 15.7. The molecule has 0 N–H and O–H groups in total. The van der Waals surface area contributed by atoms with Crippen molar-refractivity contribution in [2.75, 3.05) is 19.1 Å². The summed E-state index contributed by atoms with van der Waals surface area (Å²) in [4.78, 5) is 1.51. The van der Waals surface area contributed by atoms with Crippen molar-refractivity contribution in [1.29, 1.82) is 0 Å². The van der Waals surface area contributed by atoms with Gasteiger partial charge >= 0.3 is 0 Å². The third-order valence-corrected chi connectivity index (χ3v) is 1.65. The minimum absolute atomic E-state index is 0.502. The topological polar surface area (TPSA) is 90.4 Å². The lowest BCUT2D eigenvalue weighted by molar-refractivity contribution is 0.608. The van der Waals surface area contributed by atoms with Gasteiger partial charge in [-0.15, -0.1) is 15.0 Å². The molecule has 74 valence electrons.